The first-order chi connectivity index (χ1) is 10.1. The molecule has 0 spiro atoms. The van der Waals surface area contributed by atoms with E-state index in [9.17, 15) is 9.18 Å². The molecule has 0 aliphatic heterocycles. The van der Waals surface area contributed by atoms with E-state index in [2.05, 4.69) is 12.2 Å². The highest BCUT2D eigenvalue weighted by Gasteiger charge is 2.42. The number of carbonyl (C=O) groups is 1. The third kappa shape index (κ3) is 3.28. The predicted molar refractivity (Wildman–Crippen MR) is 81.3 cm³/mol. The van der Waals surface area contributed by atoms with Gasteiger partial charge in [0, 0.05) is 12.5 Å². The molecule has 114 valence electrons. The van der Waals surface area contributed by atoms with Crippen LogP contribution in [-0.4, -0.2) is 11.9 Å². The van der Waals surface area contributed by atoms with Crippen molar-refractivity contribution >= 4 is 5.91 Å². The lowest BCUT2D eigenvalue weighted by Crippen LogP contribution is -2.40. The molecule has 4 unspecified atom stereocenters. The van der Waals surface area contributed by atoms with E-state index in [-0.39, 0.29) is 17.8 Å². The minimum Gasteiger partial charge on any atom is -0.353 e. The maximum atomic E-state index is 13.5. The van der Waals surface area contributed by atoms with Crippen LogP contribution in [0, 0.1) is 23.6 Å². The molecule has 1 aromatic rings. The zero-order chi connectivity index (χ0) is 14.8. The molecule has 4 atom stereocenters. The minimum absolute atomic E-state index is 0.0496. The van der Waals surface area contributed by atoms with Gasteiger partial charge < -0.3 is 5.32 Å². The lowest BCUT2D eigenvalue weighted by Gasteiger charge is -2.28. The number of hydrogen-bond donors (Lipinski definition) is 1. The van der Waals surface area contributed by atoms with Crippen LogP contribution in [0.2, 0.25) is 0 Å². The normalized spacial score (nSPS) is 28.6. The highest BCUT2D eigenvalue weighted by molar-refractivity contribution is 5.76. The summed E-state index contributed by atoms with van der Waals surface area (Å²) < 4.78 is 13.5. The molecule has 1 N–H and O–H groups in total. The second-order valence-electron chi connectivity index (χ2n) is 6.79. The summed E-state index contributed by atoms with van der Waals surface area (Å²) in [5, 5.41) is 3.14. The van der Waals surface area contributed by atoms with Gasteiger partial charge in [0.15, 0.2) is 0 Å². The van der Waals surface area contributed by atoms with Crippen molar-refractivity contribution in [3.8, 4) is 0 Å². The molecule has 2 nitrogen and oxygen atoms in total. The summed E-state index contributed by atoms with van der Waals surface area (Å²) in [5.41, 5.74) is 0.625. The van der Waals surface area contributed by atoms with Crippen LogP contribution >= 0.6 is 0 Å². The van der Waals surface area contributed by atoms with Crippen LogP contribution in [0.5, 0.6) is 0 Å². The summed E-state index contributed by atoms with van der Waals surface area (Å²) in [6, 6.07) is 6.95. The topological polar surface area (TPSA) is 29.1 Å². The van der Waals surface area contributed by atoms with Gasteiger partial charge in [0.2, 0.25) is 5.91 Å². The second kappa shape index (κ2) is 6.17. The zero-order valence-electron chi connectivity index (χ0n) is 12.6. The molecule has 0 saturated heterocycles. The Hall–Kier alpha value is -1.38. The van der Waals surface area contributed by atoms with Crippen LogP contribution in [0.1, 0.15) is 44.6 Å². The van der Waals surface area contributed by atoms with Gasteiger partial charge in [0.25, 0.3) is 0 Å². The standard InChI is InChI=1S/C18H24FNO/c1-12(16-11-13-6-7-15(16)10-13)20-18(21)9-8-14-4-2-3-5-17(14)19/h2-5,12-13,15-16H,6-11H2,1H3,(H,20,21). The Morgan fingerprint density at radius 3 is 2.81 bits per heavy atom. The lowest BCUT2D eigenvalue weighted by atomic mass is 9.84. The minimum atomic E-state index is -0.216. The fourth-order valence-electron chi connectivity index (χ4n) is 4.29. The molecular formula is C18H24FNO. The Morgan fingerprint density at radius 2 is 2.14 bits per heavy atom. The van der Waals surface area contributed by atoms with E-state index in [1.54, 1.807) is 12.1 Å². The highest BCUT2D eigenvalue weighted by Crippen LogP contribution is 2.49. The number of carbonyl (C=O) groups excluding carboxylic acids is 1. The maximum absolute atomic E-state index is 13.5. The largest absolute Gasteiger partial charge is 0.353 e. The lowest BCUT2D eigenvalue weighted by molar-refractivity contribution is -0.122. The summed E-state index contributed by atoms with van der Waals surface area (Å²) in [6.07, 6.45) is 6.20. The first-order valence-electron chi connectivity index (χ1n) is 8.16. The first kappa shape index (κ1) is 14.6. The summed E-state index contributed by atoms with van der Waals surface area (Å²) >= 11 is 0. The van der Waals surface area contributed by atoms with Gasteiger partial charge in [-0.2, -0.15) is 0 Å². The van der Waals surface area contributed by atoms with E-state index < -0.39 is 0 Å². The van der Waals surface area contributed by atoms with Crippen LogP contribution < -0.4 is 5.32 Å². The van der Waals surface area contributed by atoms with E-state index in [0.717, 1.165) is 11.8 Å². The fraction of sp³-hybridized carbons (Fsp3) is 0.611. The SMILES string of the molecule is CC(NC(=O)CCc1ccccc1F)C1CC2CCC1C2. The number of hydrogen-bond acceptors (Lipinski definition) is 1. The molecular weight excluding hydrogens is 265 g/mol. The van der Waals surface area contributed by atoms with E-state index in [0.29, 0.717) is 24.3 Å². The van der Waals surface area contributed by atoms with Crippen molar-refractivity contribution in [1.82, 2.24) is 5.32 Å². The molecule has 0 radical (unpaired) electrons. The Labute approximate surface area is 126 Å². The molecule has 2 aliphatic carbocycles. The summed E-state index contributed by atoms with van der Waals surface area (Å²) in [5.74, 6) is 2.20. The van der Waals surface area contributed by atoms with Crippen molar-refractivity contribution < 1.29 is 9.18 Å². The van der Waals surface area contributed by atoms with Crippen LogP contribution in [0.15, 0.2) is 24.3 Å². The van der Waals surface area contributed by atoms with Crippen molar-refractivity contribution in [2.24, 2.45) is 17.8 Å². The zero-order valence-corrected chi connectivity index (χ0v) is 12.6. The van der Waals surface area contributed by atoms with E-state index in [4.69, 9.17) is 0 Å². The molecule has 3 heteroatoms. The number of nitrogens with one attached hydrogen (secondary N) is 1. The maximum Gasteiger partial charge on any atom is 0.220 e. The van der Waals surface area contributed by atoms with Crippen LogP contribution in [-0.2, 0) is 11.2 Å². The molecule has 1 amide bonds. The fourth-order valence-corrected chi connectivity index (χ4v) is 4.29. The Morgan fingerprint density at radius 1 is 1.33 bits per heavy atom. The molecule has 0 heterocycles. The van der Waals surface area contributed by atoms with E-state index in [1.165, 1.54) is 31.7 Å². The Balaban J connectivity index is 1.47. The summed E-state index contributed by atoms with van der Waals surface area (Å²) in [7, 11) is 0. The van der Waals surface area contributed by atoms with Gasteiger partial charge >= 0.3 is 0 Å². The molecule has 2 fully saturated rings. The second-order valence-corrected chi connectivity index (χ2v) is 6.79. The van der Waals surface area contributed by atoms with Crippen molar-refractivity contribution in [2.45, 2.75) is 51.5 Å². The monoisotopic (exact) mass is 289 g/mol. The molecule has 2 saturated carbocycles. The van der Waals surface area contributed by atoms with Gasteiger partial charge in [-0.15, -0.1) is 0 Å². The molecule has 2 bridgehead atoms. The number of benzene rings is 1. The number of rotatable bonds is 5. The van der Waals surface area contributed by atoms with Gasteiger partial charge in [0.05, 0.1) is 0 Å². The quantitative estimate of drug-likeness (QED) is 0.880. The van der Waals surface area contributed by atoms with Crippen LogP contribution in [0.25, 0.3) is 0 Å². The number of amides is 1. The third-order valence-electron chi connectivity index (χ3n) is 5.40. The van der Waals surface area contributed by atoms with Gasteiger partial charge in [-0.05, 0) is 62.0 Å². The summed E-state index contributed by atoms with van der Waals surface area (Å²) in [6.45, 7) is 2.13. The number of halogens is 1. The molecule has 0 aromatic heterocycles. The Bertz CT molecular complexity index is 516. The van der Waals surface area contributed by atoms with Crippen LogP contribution in [0.3, 0.4) is 0 Å². The van der Waals surface area contributed by atoms with Crippen molar-refractivity contribution in [3.05, 3.63) is 35.6 Å². The van der Waals surface area contributed by atoms with Gasteiger partial charge in [-0.3, -0.25) is 4.79 Å². The van der Waals surface area contributed by atoms with Gasteiger partial charge in [-0.25, -0.2) is 4.39 Å². The molecule has 2 aliphatic rings. The first-order valence-corrected chi connectivity index (χ1v) is 8.16. The molecule has 1 aromatic carbocycles. The van der Waals surface area contributed by atoms with E-state index >= 15 is 0 Å². The van der Waals surface area contributed by atoms with Crippen LogP contribution in [0.4, 0.5) is 4.39 Å². The summed E-state index contributed by atoms with van der Waals surface area (Å²) in [4.78, 5) is 12.1. The number of aryl methyl sites for hydroxylation is 1. The Kier molecular flexibility index (Phi) is 4.27. The van der Waals surface area contributed by atoms with Crippen molar-refractivity contribution in [1.29, 1.82) is 0 Å². The average molecular weight is 289 g/mol. The van der Waals surface area contributed by atoms with Gasteiger partial charge in [-0.1, -0.05) is 24.6 Å². The third-order valence-corrected chi connectivity index (χ3v) is 5.40. The average Bonchev–Trinajstić information content (AvgIpc) is 3.09. The predicted octanol–water partition coefficient (Wildman–Crippen LogP) is 3.70. The van der Waals surface area contributed by atoms with Gasteiger partial charge in [0.1, 0.15) is 5.82 Å². The smallest absolute Gasteiger partial charge is 0.220 e. The van der Waals surface area contributed by atoms with Crippen molar-refractivity contribution in [2.75, 3.05) is 0 Å². The number of fused-ring (bicyclic) bond motifs is 2. The highest BCUT2D eigenvalue weighted by atomic mass is 19.1. The molecule has 21 heavy (non-hydrogen) atoms. The van der Waals surface area contributed by atoms with E-state index in [1.807, 2.05) is 6.07 Å². The van der Waals surface area contributed by atoms with Crippen molar-refractivity contribution in [3.63, 3.8) is 0 Å². The molecule has 3 rings (SSSR count).